The minimum atomic E-state index is 0.546. The first-order valence-electron chi connectivity index (χ1n) is 7.69. The Morgan fingerprint density at radius 2 is 1.56 bits per heavy atom. The average Bonchev–Trinajstić information content (AvgIpc) is 2.37. The Kier molecular flexibility index (Phi) is 13.5. The fourth-order valence-corrected chi connectivity index (χ4v) is 1.98. The van der Waals surface area contributed by atoms with E-state index in [2.05, 4.69) is 31.6 Å². The molecule has 0 aliphatic carbocycles. The van der Waals surface area contributed by atoms with E-state index in [1.54, 1.807) is 0 Å². The van der Waals surface area contributed by atoms with Crippen molar-refractivity contribution in [2.45, 2.75) is 84.5 Å². The molecule has 0 aromatic carbocycles. The van der Waals surface area contributed by atoms with Gasteiger partial charge in [-0.15, -0.1) is 11.8 Å². The quantitative estimate of drug-likeness (QED) is 0.351. The molecule has 0 saturated heterocycles. The van der Waals surface area contributed by atoms with Gasteiger partial charge in [0.25, 0.3) is 0 Å². The molecule has 0 heteroatoms. The molecular formula is C18H29. The normalized spacial score (nSPS) is 11.4. The van der Waals surface area contributed by atoms with Crippen molar-refractivity contribution < 1.29 is 0 Å². The molecule has 0 bridgehead atoms. The van der Waals surface area contributed by atoms with Crippen LogP contribution in [-0.2, 0) is 0 Å². The van der Waals surface area contributed by atoms with Gasteiger partial charge >= 0.3 is 0 Å². The second-order valence-corrected chi connectivity index (χ2v) is 5.16. The van der Waals surface area contributed by atoms with Crippen LogP contribution in [0.5, 0.6) is 0 Å². The summed E-state index contributed by atoms with van der Waals surface area (Å²) in [4.78, 5) is 0. The lowest BCUT2D eigenvalue weighted by Crippen LogP contribution is -1.90. The van der Waals surface area contributed by atoms with Gasteiger partial charge in [-0.2, -0.15) is 0 Å². The molecule has 18 heavy (non-hydrogen) atoms. The first-order valence-corrected chi connectivity index (χ1v) is 7.69. The summed E-state index contributed by atoms with van der Waals surface area (Å²) in [5.41, 5.74) is 0. The Hall–Kier alpha value is -0.880. The molecule has 0 N–H and O–H groups in total. The second kappa shape index (κ2) is 14.2. The third-order valence-electron chi connectivity index (χ3n) is 3.19. The van der Waals surface area contributed by atoms with Gasteiger partial charge in [-0.05, 0) is 25.7 Å². The van der Waals surface area contributed by atoms with E-state index in [1.807, 2.05) is 0 Å². The van der Waals surface area contributed by atoms with Gasteiger partial charge in [-0.25, -0.2) is 0 Å². The number of unbranched alkanes of at least 4 members (excludes halogenated alkanes) is 8. The Bertz CT molecular complexity index is 258. The molecule has 0 aromatic rings. The number of hydrogen-bond acceptors (Lipinski definition) is 0. The van der Waals surface area contributed by atoms with Crippen molar-refractivity contribution >= 4 is 0 Å². The third-order valence-corrected chi connectivity index (χ3v) is 3.19. The molecule has 1 atom stereocenters. The molecule has 0 aliphatic heterocycles. The maximum Gasteiger partial charge on any atom is 0.0174 e. The van der Waals surface area contributed by atoms with Crippen LogP contribution in [0.4, 0.5) is 0 Å². The largest absolute Gasteiger partial charge is 0.103 e. The van der Waals surface area contributed by atoms with E-state index in [1.165, 1.54) is 51.4 Å². The minimum absolute atomic E-state index is 0.546. The van der Waals surface area contributed by atoms with Crippen LogP contribution in [0.15, 0.2) is 0 Å². The summed E-state index contributed by atoms with van der Waals surface area (Å²) in [7, 11) is 0. The van der Waals surface area contributed by atoms with Crippen molar-refractivity contribution in [2.24, 2.45) is 5.92 Å². The van der Waals surface area contributed by atoms with Crippen LogP contribution in [0.3, 0.4) is 0 Å². The highest BCUT2D eigenvalue weighted by molar-refractivity contribution is 5.02. The molecule has 1 radical (unpaired) electrons. The predicted molar refractivity (Wildman–Crippen MR) is 80.5 cm³/mol. The zero-order chi connectivity index (χ0) is 13.5. The van der Waals surface area contributed by atoms with Gasteiger partial charge in [0.2, 0.25) is 0 Å². The van der Waals surface area contributed by atoms with Crippen LogP contribution in [0.2, 0.25) is 0 Å². The Morgan fingerprint density at radius 1 is 0.889 bits per heavy atom. The molecular weight excluding hydrogens is 216 g/mol. The SMILES string of the molecule is [C]#CCCCCCC(C)C#CCCCCCCC. The summed E-state index contributed by atoms with van der Waals surface area (Å²) >= 11 is 0. The molecule has 0 heterocycles. The van der Waals surface area contributed by atoms with E-state index in [-0.39, 0.29) is 0 Å². The van der Waals surface area contributed by atoms with E-state index < -0.39 is 0 Å². The van der Waals surface area contributed by atoms with Gasteiger partial charge in [-0.1, -0.05) is 58.3 Å². The Labute approximate surface area is 115 Å². The van der Waals surface area contributed by atoms with Crippen molar-refractivity contribution in [3.8, 4) is 17.8 Å². The maximum atomic E-state index is 6.82. The second-order valence-electron chi connectivity index (χ2n) is 5.16. The summed E-state index contributed by atoms with van der Waals surface area (Å²) in [6, 6.07) is 0. The lowest BCUT2D eigenvalue weighted by Gasteiger charge is -2.02. The van der Waals surface area contributed by atoms with Crippen LogP contribution in [0.25, 0.3) is 0 Å². The van der Waals surface area contributed by atoms with Crippen LogP contribution in [-0.4, -0.2) is 0 Å². The lowest BCUT2D eigenvalue weighted by molar-refractivity contribution is 0.579. The molecule has 1 unspecified atom stereocenters. The number of hydrogen-bond donors (Lipinski definition) is 0. The molecule has 0 fully saturated rings. The average molecular weight is 245 g/mol. The van der Waals surface area contributed by atoms with Crippen LogP contribution < -0.4 is 0 Å². The monoisotopic (exact) mass is 245 g/mol. The van der Waals surface area contributed by atoms with Crippen molar-refractivity contribution in [1.29, 1.82) is 0 Å². The summed E-state index contributed by atoms with van der Waals surface area (Å²) in [6.45, 7) is 4.48. The van der Waals surface area contributed by atoms with E-state index in [0.29, 0.717) is 5.92 Å². The first-order chi connectivity index (χ1) is 8.81. The highest BCUT2D eigenvalue weighted by Gasteiger charge is 1.96. The van der Waals surface area contributed by atoms with Gasteiger partial charge in [-0.3, -0.25) is 0 Å². The third kappa shape index (κ3) is 13.2. The van der Waals surface area contributed by atoms with Crippen molar-refractivity contribution in [3.05, 3.63) is 6.42 Å². The zero-order valence-electron chi connectivity index (χ0n) is 12.4. The van der Waals surface area contributed by atoms with Crippen molar-refractivity contribution in [1.82, 2.24) is 0 Å². The smallest absolute Gasteiger partial charge is 0.0174 e. The molecule has 0 rings (SSSR count). The maximum absolute atomic E-state index is 6.82. The summed E-state index contributed by atoms with van der Waals surface area (Å²) in [5.74, 6) is 9.67. The predicted octanol–water partition coefficient (Wildman–Crippen LogP) is 5.53. The Morgan fingerprint density at radius 3 is 2.28 bits per heavy atom. The molecule has 0 saturated carbocycles. The zero-order valence-corrected chi connectivity index (χ0v) is 12.4. The topological polar surface area (TPSA) is 0 Å². The standard InChI is InChI=1S/C18H29/c1-4-6-8-10-11-13-15-17-18(3)16-14-12-9-7-5-2/h18H,4,6-14,16H2,1,3H3. The van der Waals surface area contributed by atoms with E-state index >= 15 is 0 Å². The van der Waals surface area contributed by atoms with Crippen LogP contribution >= 0.6 is 0 Å². The summed E-state index contributed by atoms with van der Waals surface area (Å²) < 4.78 is 0. The summed E-state index contributed by atoms with van der Waals surface area (Å²) in [5, 5.41) is 0. The van der Waals surface area contributed by atoms with Crippen molar-refractivity contribution in [3.63, 3.8) is 0 Å². The molecule has 0 aliphatic rings. The highest BCUT2D eigenvalue weighted by atomic mass is 14.0. The molecule has 0 nitrogen and oxygen atoms in total. The molecule has 0 amide bonds. The fourth-order valence-electron chi connectivity index (χ4n) is 1.98. The van der Waals surface area contributed by atoms with E-state index in [4.69, 9.17) is 6.42 Å². The van der Waals surface area contributed by atoms with Gasteiger partial charge < -0.3 is 0 Å². The minimum Gasteiger partial charge on any atom is -0.103 e. The molecule has 0 spiro atoms. The van der Waals surface area contributed by atoms with E-state index in [0.717, 1.165) is 19.3 Å². The lowest BCUT2D eigenvalue weighted by atomic mass is 10.0. The molecule has 0 aromatic heterocycles. The van der Waals surface area contributed by atoms with E-state index in [9.17, 15) is 0 Å². The summed E-state index contributed by atoms with van der Waals surface area (Å²) in [6.07, 6.45) is 20.2. The van der Waals surface area contributed by atoms with Crippen molar-refractivity contribution in [2.75, 3.05) is 0 Å². The van der Waals surface area contributed by atoms with Gasteiger partial charge in [0, 0.05) is 18.8 Å². The Balaban J connectivity index is 3.34. The fraction of sp³-hybridized carbons (Fsp3) is 0.778. The van der Waals surface area contributed by atoms with Gasteiger partial charge in [0.1, 0.15) is 0 Å². The molecule has 101 valence electrons. The van der Waals surface area contributed by atoms with Crippen LogP contribution in [0, 0.1) is 30.1 Å². The van der Waals surface area contributed by atoms with Crippen LogP contribution in [0.1, 0.15) is 84.5 Å². The first kappa shape index (κ1) is 17.1. The highest BCUT2D eigenvalue weighted by Crippen LogP contribution is 2.10. The number of rotatable bonds is 10. The van der Waals surface area contributed by atoms with Gasteiger partial charge in [0.05, 0.1) is 0 Å². The van der Waals surface area contributed by atoms with Gasteiger partial charge in [0.15, 0.2) is 0 Å².